The summed E-state index contributed by atoms with van der Waals surface area (Å²) in [5, 5.41) is 0.597. The molecule has 8 heteroatoms. The van der Waals surface area contributed by atoms with Crippen LogP contribution >= 0.6 is 11.6 Å². The first kappa shape index (κ1) is 20.7. The molecule has 0 radical (unpaired) electrons. The predicted octanol–water partition coefficient (Wildman–Crippen LogP) is 4.41. The lowest BCUT2D eigenvalue weighted by molar-refractivity contribution is -0.117. The van der Waals surface area contributed by atoms with Gasteiger partial charge >= 0.3 is 5.97 Å². The van der Waals surface area contributed by atoms with Gasteiger partial charge in [-0.15, -0.1) is 0 Å². The van der Waals surface area contributed by atoms with Gasteiger partial charge < -0.3 is 9.30 Å². The Hall–Kier alpha value is -3.58. The van der Waals surface area contributed by atoms with Crippen molar-refractivity contribution in [3.63, 3.8) is 0 Å². The maximum Gasteiger partial charge on any atom is 0.340 e. The Morgan fingerprint density at radius 3 is 2.61 bits per heavy atom. The monoisotopic (exact) mass is 436 g/mol. The number of para-hydroxylation sites is 2. The Labute approximate surface area is 184 Å². The SMILES string of the molecule is CCOC(=O)c1cc(-c2ccc(Cl)cc2)n(NC(=O)Cn2cnc3ccccc32)c1C. The summed E-state index contributed by atoms with van der Waals surface area (Å²) in [6, 6.07) is 16.5. The van der Waals surface area contributed by atoms with Gasteiger partial charge in [-0.1, -0.05) is 35.9 Å². The molecule has 0 atom stereocenters. The molecule has 0 aliphatic rings. The number of carbonyl (C=O) groups excluding carboxylic acids is 2. The van der Waals surface area contributed by atoms with Gasteiger partial charge in [-0.25, -0.2) is 9.78 Å². The molecule has 0 saturated heterocycles. The highest BCUT2D eigenvalue weighted by atomic mass is 35.5. The van der Waals surface area contributed by atoms with E-state index in [9.17, 15) is 9.59 Å². The van der Waals surface area contributed by atoms with Crippen molar-refractivity contribution in [2.24, 2.45) is 0 Å². The van der Waals surface area contributed by atoms with Crippen LogP contribution in [0.1, 0.15) is 23.0 Å². The second-order valence-electron chi connectivity index (χ2n) is 6.99. The first-order valence-corrected chi connectivity index (χ1v) is 10.2. The normalized spacial score (nSPS) is 10.9. The number of nitrogens with one attached hydrogen (secondary N) is 1. The number of amides is 1. The van der Waals surface area contributed by atoms with Crippen molar-refractivity contribution < 1.29 is 14.3 Å². The number of halogens is 1. The third-order valence-electron chi connectivity index (χ3n) is 4.96. The van der Waals surface area contributed by atoms with Gasteiger partial charge in [-0.2, -0.15) is 0 Å². The minimum absolute atomic E-state index is 0.0763. The van der Waals surface area contributed by atoms with Gasteiger partial charge in [-0.3, -0.25) is 14.9 Å². The minimum atomic E-state index is -0.441. The van der Waals surface area contributed by atoms with Crippen molar-refractivity contribution in [2.45, 2.75) is 20.4 Å². The van der Waals surface area contributed by atoms with Crippen LogP contribution in [0.5, 0.6) is 0 Å². The van der Waals surface area contributed by atoms with Crippen LogP contribution in [0.3, 0.4) is 0 Å². The lowest BCUT2D eigenvalue weighted by atomic mass is 10.1. The summed E-state index contributed by atoms with van der Waals surface area (Å²) in [4.78, 5) is 29.6. The Morgan fingerprint density at radius 2 is 1.87 bits per heavy atom. The molecule has 0 bridgehead atoms. The van der Waals surface area contributed by atoms with Crippen molar-refractivity contribution in [1.29, 1.82) is 0 Å². The van der Waals surface area contributed by atoms with Gasteiger partial charge in [-0.05, 0) is 44.2 Å². The number of imidazole rings is 1. The second-order valence-corrected chi connectivity index (χ2v) is 7.42. The van der Waals surface area contributed by atoms with Gasteiger partial charge in [0.1, 0.15) is 6.54 Å². The number of ether oxygens (including phenoxy) is 1. The molecule has 2 aromatic carbocycles. The van der Waals surface area contributed by atoms with Crippen LogP contribution in [0.25, 0.3) is 22.3 Å². The summed E-state index contributed by atoms with van der Waals surface area (Å²) in [7, 11) is 0. The van der Waals surface area contributed by atoms with Crippen LogP contribution in [0.4, 0.5) is 0 Å². The third kappa shape index (κ3) is 4.18. The molecule has 0 aliphatic heterocycles. The number of aromatic nitrogens is 3. The van der Waals surface area contributed by atoms with Crippen molar-refractivity contribution in [2.75, 3.05) is 12.0 Å². The Balaban J connectivity index is 1.67. The topological polar surface area (TPSA) is 78.1 Å². The number of carbonyl (C=O) groups is 2. The molecule has 2 heterocycles. The van der Waals surface area contributed by atoms with E-state index in [1.165, 1.54) is 0 Å². The Kier molecular flexibility index (Phi) is 5.77. The van der Waals surface area contributed by atoms with E-state index in [0.29, 0.717) is 22.0 Å². The fourth-order valence-electron chi connectivity index (χ4n) is 3.45. The smallest absolute Gasteiger partial charge is 0.340 e. The summed E-state index contributed by atoms with van der Waals surface area (Å²) in [5.74, 6) is -0.698. The van der Waals surface area contributed by atoms with Gasteiger partial charge in [0.05, 0.1) is 40.9 Å². The van der Waals surface area contributed by atoms with E-state index in [0.717, 1.165) is 16.6 Å². The molecule has 7 nitrogen and oxygen atoms in total. The Bertz CT molecular complexity index is 1260. The second kappa shape index (κ2) is 8.65. The van der Waals surface area contributed by atoms with E-state index >= 15 is 0 Å². The van der Waals surface area contributed by atoms with Crippen LogP contribution in [0, 0.1) is 6.92 Å². The molecular formula is C23H21ClN4O3. The number of nitrogens with zero attached hydrogens (tertiary/aromatic N) is 3. The molecule has 2 aromatic heterocycles. The van der Waals surface area contributed by atoms with E-state index in [2.05, 4.69) is 10.4 Å². The maximum absolute atomic E-state index is 12.9. The first-order chi connectivity index (χ1) is 15.0. The van der Waals surface area contributed by atoms with E-state index in [1.807, 2.05) is 36.4 Å². The largest absolute Gasteiger partial charge is 0.462 e. The van der Waals surface area contributed by atoms with Gasteiger partial charge in [0.25, 0.3) is 5.91 Å². The zero-order valence-electron chi connectivity index (χ0n) is 17.1. The molecule has 0 spiro atoms. The average Bonchev–Trinajstić information content (AvgIpc) is 3.31. The highest BCUT2D eigenvalue weighted by molar-refractivity contribution is 6.30. The van der Waals surface area contributed by atoms with Crippen LogP contribution in [0.2, 0.25) is 5.02 Å². The molecule has 0 saturated carbocycles. The first-order valence-electron chi connectivity index (χ1n) is 9.83. The zero-order valence-corrected chi connectivity index (χ0v) is 17.9. The molecular weight excluding hydrogens is 416 g/mol. The maximum atomic E-state index is 12.9. The van der Waals surface area contributed by atoms with Gasteiger partial charge in [0.15, 0.2) is 0 Å². The average molecular weight is 437 g/mol. The zero-order chi connectivity index (χ0) is 22.0. The summed E-state index contributed by atoms with van der Waals surface area (Å²) in [6.07, 6.45) is 1.64. The predicted molar refractivity (Wildman–Crippen MR) is 120 cm³/mol. The number of hydrogen-bond acceptors (Lipinski definition) is 4. The summed E-state index contributed by atoms with van der Waals surface area (Å²) >= 11 is 6.02. The molecule has 31 heavy (non-hydrogen) atoms. The fraction of sp³-hybridized carbons (Fsp3) is 0.174. The van der Waals surface area contributed by atoms with Gasteiger partial charge in [0, 0.05) is 10.6 Å². The lowest BCUT2D eigenvalue weighted by Crippen LogP contribution is -2.28. The van der Waals surface area contributed by atoms with Crippen LogP contribution in [0.15, 0.2) is 60.9 Å². The van der Waals surface area contributed by atoms with Crippen molar-refractivity contribution in [3.8, 4) is 11.3 Å². The molecule has 4 rings (SSSR count). The Morgan fingerprint density at radius 1 is 1.13 bits per heavy atom. The quantitative estimate of drug-likeness (QED) is 0.454. The van der Waals surface area contributed by atoms with Crippen LogP contribution < -0.4 is 5.43 Å². The molecule has 0 fully saturated rings. The highest BCUT2D eigenvalue weighted by Crippen LogP contribution is 2.27. The number of hydrogen-bond donors (Lipinski definition) is 1. The van der Waals surface area contributed by atoms with E-state index in [4.69, 9.17) is 16.3 Å². The summed E-state index contributed by atoms with van der Waals surface area (Å²) in [6.45, 7) is 3.85. The van der Waals surface area contributed by atoms with Crippen LogP contribution in [-0.2, 0) is 16.1 Å². The fourth-order valence-corrected chi connectivity index (χ4v) is 3.58. The van der Waals surface area contributed by atoms with Gasteiger partial charge in [0.2, 0.25) is 0 Å². The molecule has 1 amide bonds. The molecule has 158 valence electrons. The number of fused-ring (bicyclic) bond motifs is 1. The number of esters is 1. The van der Waals surface area contributed by atoms with Crippen LogP contribution in [-0.4, -0.2) is 32.7 Å². The summed E-state index contributed by atoms with van der Waals surface area (Å²) in [5.41, 5.74) is 7.01. The molecule has 0 unspecified atom stereocenters. The van der Waals surface area contributed by atoms with E-state index in [-0.39, 0.29) is 19.1 Å². The van der Waals surface area contributed by atoms with E-state index < -0.39 is 5.97 Å². The summed E-state index contributed by atoms with van der Waals surface area (Å²) < 4.78 is 8.56. The van der Waals surface area contributed by atoms with Crippen molar-refractivity contribution >= 4 is 34.5 Å². The highest BCUT2D eigenvalue weighted by Gasteiger charge is 2.21. The number of benzene rings is 2. The minimum Gasteiger partial charge on any atom is -0.462 e. The third-order valence-corrected chi connectivity index (χ3v) is 5.21. The van der Waals surface area contributed by atoms with E-state index in [1.54, 1.807) is 47.6 Å². The van der Waals surface area contributed by atoms with Crippen molar-refractivity contribution in [3.05, 3.63) is 77.2 Å². The molecule has 4 aromatic rings. The number of rotatable bonds is 6. The molecule has 1 N–H and O–H groups in total. The van der Waals surface area contributed by atoms with Crippen molar-refractivity contribution in [1.82, 2.24) is 14.2 Å². The lowest BCUT2D eigenvalue weighted by Gasteiger charge is -2.14. The molecule has 0 aliphatic carbocycles. The standard InChI is InChI=1S/C23H21ClN4O3/c1-3-31-23(30)18-12-21(16-8-10-17(24)11-9-16)28(15(18)2)26-22(29)13-27-14-25-19-6-4-5-7-20(19)27/h4-12,14H,3,13H2,1-2H3,(H,26,29).